The molecule has 134 valence electrons. The maximum Gasteiger partial charge on any atom is 0.282 e. The summed E-state index contributed by atoms with van der Waals surface area (Å²) in [6.45, 7) is 6.13. The number of piperazine rings is 1. The molecule has 2 aliphatic rings. The van der Waals surface area contributed by atoms with Gasteiger partial charge in [0.25, 0.3) is 10.2 Å². The summed E-state index contributed by atoms with van der Waals surface area (Å²) >= 11 is 0. The van der Waals surface area contributed by atoms with Crippen molar-refractivity contribution in [3.05, 3.63) is 35.6 Å². The van der Waals surface area contributed by atoms with Crippen molar-refractivity contribution >= 4 is 10.2 Å². The third-order valence-electron chi connectivity index (χ3n) is 4.80. The number of hydrogen-bond donors (Lipinski definition) is 0. The molecule has 1 atom stereocenters. The van der Waals surface area contributed by atoms with Crippen molar-refractivity contribution in [2.24, 2.45) is 0 Å². The number of benzene rings is 1. The van der Waals surface area contributed by atoms with Crippen LogP contribution in [0.15, 0.2) is 24.3 Å². The summed E-state index contributed by atoms with van der Waals surface area (Å²) in [7, 11) is -3.39. The van der Waals surface area contributed by atoms with E-state index in [-0.39, 0.29) is 11.9 Å². The summed E-state index contributed by atoms with van der Waals surface area (Å²) in [4.78, 5) is 2.23. The Labute approximate surface area is 143 Å². The molecule has 0 aromatic heterocycles. The lowest BCUT2D eigenvalue weighted by atomic mass is 10.1. The lowest BCUT2D eigenvalue weighted by Gasteiger charge is -2.39. The Morgan fingerprint density at radius 2 is 1.50 bits per heavy atom. The van der Waals surface area contributed by atoms with Gasteiger partial charge in [0.1, 0.15) is 5.82 Å². The number of nitrogens with zero attached hydrogens (tertiary/aromatic N) is 3. The van der Waals surface area contributed by atoms with E-state index in [4.69, 9.17) is 4.74 Å². The van der Waals surface area contributed by atoms with Crippen molar-refractivity contribution in [1.82, 2.24) is 13.5 Å². The molecular formula is C16H24FN3O3S. The normalized spacial score (nSPS) is 23.2. The zero-order valence-electron chi connectivity index (χ0n) is 13.9. The molecule has 1 aromatic rings. The van der Waals surface area contributed by atoms with Gasteiger partial charge in [-0.1, -0.05) is 12.1 Å². The van der Waals surface area contributed by atoms with Crippen LogP contribution < -0.4 is 0 Å². The largest absolute Gasteiger partial charge is 0.379 e. The molecule has 24 heavy (non-hydrogen) atoms. The first-order chi connectivity index (χ1) is 11.5. The second-order valence-electron chi connectivity index (χ2n) is 6.18. The van der Waals surface area contributed by atoms with Gasteiger partial charge in [0.15, 0.2) is 0 Å². The van der Waals surface area contributed by atoms with E-state index in [2.05, 4.69) is 11.8 Å². The fraction of sp³-hybridized carbons (Fsp3) is 0.625. The molecular weight excluding hydrogens is 333 g/mol. The number of morpholine rings is 1. The lowest BCUT2D eigenvalue weighted by Crippen LogP contribution is -2.55. The van der Waals surface area contributed by atoms with Crippen LogP contribution in [-0.4, -0.2) is 74.4 Å². The fourth-order valence-electron chi connectivity index (χ4n) is 3.21. The van der Waals surface area contributed by atoms with Gasteiger partial charge in [-0.05, 0) is 24.6 Å². The van der Waals surface area contributed by atoms with E-state index < -0.39 is 10.2 Å². The van der Waals surface area contributed by atoms with E-state index in [1.165, 1.54) is 16.4 Å². The molecule has 0 saturated carbocycles. The van der Waals surface area contributed by atoms with Gasteiger partial charge in [0, 0.05) is 45.3 Å². The van der Waals surface area contributed by atoms with Crippen LogP contribution >= 0.6 is 0 Å². The van der Waals surface area contributed by atoms with Gasteiger partial charge in [-0.15, -0.1) is 0 Å². The summed E-state index contributed by atoms with van der Waals surface area (Å²) in [5.41, 5.74) is 1.04. The van der Waals surface area contributed by atoms with Gasteiger partial charge in [-0.2, -0.15) is 17.0 Å². The number of halogens is 1. The molecule has 2 saturated heterocycles. The number of hydrogen-bond acceptors (Lipinski definition) is 4. The molecule has 0 bridgehead atoms. The molecule has 1 aromatic carbocycles. The van der Waals surface area contributed by atoms with Gasteiger partial charge >= 0.3 is 0 Å². The van der Waals surface area contributed by atoms with E-state index >= 15 is 0 Å². The van der Waals surface area contributed by atoms with Gasteiger partial charge in [-0.25, -0.2) is 4.39 Å². The van der Waals surface area contributed by atoms with Gasteiger partial charge < -0.3 is 4.74 Å². The highest BCUT2D eigenvalue weighted by molar-refractivity contribution is 7.86. The third-order valence-corrected chi connectivity index (χ3v) is 6.83. The molecule has 0 N–H and O–H groups in total. The van der Waals surface area contributed by atoms with Crippen LogP contribution in [0.3, 0.4) is 0 Å². The minimum atomic E-state index is -3.39. The Bertz CT molecular complexity index is 639. The van der Waals surface area contributed by atoms with Crippen molar-refractivity contribution in [2.45, 2.75) is 13.0 Å². The summed E-state index contributed by atoms with van der Waals surface area (Å²) in [5, 5.41) is 0. The van der Waals surface area contributed by atoms with Crippen molar-refractivity contribution in [3.63, 3.8) is 0 Å². The lowest BCUT2D eigenvalue weighted by molar-refractivity contribution is 0.0675. The highest BCUT2D eigenvalue weighted by Gasteiger charge is 2.34. The quantitative estimate of drug-likeness (QED) is 0.809. The van der Waals surface area contributed by atoms with Crippen LogP contribution in [0, 0.1) is 5.82 Å². The van der Waals surface area contributed by atoms with Crippen LogP contribution in [0.5, 0.6) is 0 Å². The average Bonchev–Trinajstić information content (AvgIpc) is 2.62. The van der Waals surface area contributed by atoms with E-state index in [0.717, 1.165) is 5.56 Å². The van der Waals surface area contributed by atoms with Crippen molar-refractivity contribution in [3.8, 4) is 0 Å². The minimum absolute atomic E-state index is 0.138. The summed E-state index contributed by atoms with van der Waals surface area (Å²) in [6.07, 6.45) is 0. The maximum atomic E-state index is 13.1. The Morgan fingerprint density at radius 1 is 0.958 bits per heavy atom. The standard InChI is InChI=1S/C16H24FN3O3S/c1-14(15-2-4-16(17)5-3-15)18-6-8-19(9-7-18)24(21,22)20-10-12-23-13-11-20/h2-5,14H,6-13H2,1H3/t14-/m0/s1. The molecule has 0 amide bonds. The smallest absolute Gasteiger partial charge is 0.282 e. The van der Waals surface area contributed by atoms with E-state index in [9.17, 15) is 12.8 Å². The topological polar surface area (TPSA) is 53.1 Å². The number of rotatable bonds is 4. The van der Waals surface area contributed by atoms with Gasteiger partial charge in [0.2, 0.25) is 0 Å². The zero-order chi connectivity index (χ0) is 17.2. The first-order valence-corrected chi connectivity index (χ1v) is 9.70. The fourth-order valence-corrected chi connectivity index (χ4v) is 4.78. The zero-order valence-corrected chi connectivity index (χ0v) is 14.7. The molecule has 2 heterocycles. The second-order valence-corrected chi connectivity index (χ2v) is 8.11. The monoisotopic (exact) mass is 357 g/mol. The molecule has 0 unspecified atom stereocenters. The predicted octanol–water partition coefficient (Wildman–Crippen LogP) is 1.08. The van der Waals surface area contributed by atoms with Crippen LogP contribution in [0.2, 0.25) is 0 Å². The first-order valence-electron chi connectivity index (χ1n) is 8.31. The van der Waals surface area contributed by atoms with Crippen LogP contribution in [0.1, 0.15) is 18.5 Å². The van der Waals surface area contributed by atoms with Crippen LogP contribution in [0.4, 0.5) is 4.39 Å². The molecule has 8 heteroatoms. The Morgan fingerprint density at radius 3 is 2.08 bits per heavy atom. The first kappa shape index (κ1) is 17.8. The second kappa shape index (κ2) is 7.45. The van der Waals surface area contributed by atoms with Crippen molar-refractivity contribution < 1.29 is 17.5 Å². The summed E-state index contributed by atoms with van der Waals surface area (Å²) < 4.78 is 46.7. The number of ether oxygens (including phenoxy) is 1. The Kier molecular flexibility index (Phi) is 5.51. The van der Waals surface area contributed by atoms with Crippen molar-refractivity contribution in [1.29, 1.82) is 0 Å². The van der Waals surface area contributed by atoms with Gasteiger partial charge in [-0.3, -0.25) is 4.90 Å². The molecule has 3 rings (SSSR count). The van der Waals surface area contributed by atoms with E-state index in [1.807, 2.05) is 0 Å². The highest BCUT2D eigenvalue weighted by atomic mass is 32.2. The molecule has 0 aliphatic carbocycles. The molecule has 2 aliphatic heterocycles. The predicted molar refractivity (Wildman–Crippen MR) is 89.3 cm³/mol. The molecule has 0 spiro atoms. The SMILES string of the molecule is C[C@@H](c1ccc(F)cc1)N1CCN(S(=O)(=O)N2CCOCC2)CC1. The maximum absolute atomic E-state index is 13.1. The van der Waals surface area contributed by atoms with Gasteiger partial charge in [0.05, 0.1) is 13.2 Å². The van der Waals surface area contributed by atoms with E-state index in [1.54, 1.807) is 16.4 Å². The van der Waals surface area contributed by atoms with Crippen LogP contribution in [-0.2, 0) is 14.9 Å². The Balaban J connectivity index is 1.59. The third kappa shape index (κ3) is 3.78. The van der Waals surface area contributed by atoms with E-state index in [0.29, 0.717) is 52.5 Å². The molecule has 0 radical (unpaired) electrons. The summed E-state index contributed by atoms with van der Waals surface area (Å²) in [5.74, 6) is -0.243. The van der Waals surface area contributed by atoms with Crippen LogP contribution in [0.25, 0.3) is 0 Å². The summed E-state index contributed by atoms with van der Waals surface area (Å²) in [6, 6.07) is 6.64. The minimum Gasteiger partial charge on any atom is -0.379 e. The Hall–Kier alpha value is -1.06. The highest BCUT2D eigenvalue weighted by Crippen LogP contribution is 2.23. The molecule has 6 nitrogen and oxygen atoms in total. The average molecular weight is 357 g/mol. The van der Waals surface area contributed by atoms with Crippen molar-refractivity contribution in [2.75, 3.05) is 52.5 Å². The molecule has 2 fully saturated rings.